The van der Waals surface area contributed by atoms with Crippen LogP contribution in [0.1, 0.15) is 18.9 Å². The van der Waals surface area contributed by atoms with Gasteiger partial charge in [-0.2, -0.15) is 18.3 Å². The highest BCUT2D eigenvalue weighted by Crippen LogP contribution is 2.37. The van der Waals surface area contributed by atoms with Crippen molar-refractivity contribution in [2.45, 2.75) is 25.1 Å². The zero-order valence-electron chi connectivity index (χ0n) is 19.7. The molecule has 0 bridgehead atoms. The molecule has 6 N–H and O–H groups in total. The van der Waals surface area contributed by atoms with Crippen LogP contribution >= 0.6 is 0 Å². The molecule has 0 saturated carbocycles. The van der Waals surface area contributed by atoms with Crippen LogP contribution in [0, 0.1) is 0 Å². The number of carboxylic acids is 1. The average molecular weight is 529 g/mol. The number of hydrogen-bond acceptors (Lipinski definition) is 7. The Labute approximate surface area is 211 Å². The molecule has 1 aromatic carbocycles. The van der Waals surface area contributed by atoms with E-state index < -0.39 is 12.1 Å². The maximum atomic E-state index is 12.0. The van der Waals surface area contributed by atoms with Crippen molar-refractivity contribution in [3.8, 4) is 22.5 Å². The van der Waals surface area contributed by atoms with Crippen molar-refractivity contribution in [1.29, 1.82) is 0 Å². The summed E-state index contributed by atoms with van der Waals surface area (Å²) >= 11 is 0. The van der Waals surface area contributed by atoms with Crippen LogP contribution in [0.5, 0.6) is 0 Å². The fourth-order valence-corrected chi connectivity index (χ4v) is 4.35. The van der Waals surface area contributed by atoms with E-state index in [1.807, 2.05) is 29.1 Å². The van der Waals surface area contributed by atoms with E-state index >= 15 is 0 Å². The highest BCUT2D eigenvalue weighted by Gasteiger charge is 2.38. The van der Waals surface area contributed by atoms with Gasteiger partial charge in [0.2, 0.25) is 0 Å². The standard InChI is InChI=1S/C22H21N7O2.C2HF3O2/c23-21-20-15(8-19(31-20)12-1-2-18-16(7-12)22(30)28-27-18)17(10-25-21)13-9-26-29(11-13)14-3-5-24-6-4-14;3-2(4,5)1(6)7/h1-2,7-11,14,24H,3-6H2,(H2,23,25)(H2,27,28,30);(H,6,7). The summed E-state index contributed by atoms with van der Waals surface area (Å²) in [5.41, 5.74) is 9.92. The van der Waals surface area contributed by atoms with Gasteiger partial charge in [-0.05, 0) is 50.2 Å². The fraction of sp³-hybridized carbons (Fsp3) is 0.250. The molecule has 198 valence electrons. The molecule has 0 unspecified atom stereocenters. The number of benzene rings is 1. The number of furan rings is 1. The molecule has 11 nitrogen and oxygen atoms in total. The molecule has 0 aliphatic carbocycles. The lowest BCUT2D eigenvalue weighted by atomic mass is 10.1. The summed E-state index contributed by atoms with van der Waals surface area (Å²) in [5, 5.41) is 22.0. The van der Waals surface area contributed by atoms with Gasteiger partial charge in [0.1, 0.15) is 5.76 Å². The van der Waals surface area contributed by atoms with Crippen LogP contribution in [-0.4, -0.2) is 55.3 Å². The molecule has 0 radical (unpaired) electrons. The van der Waals surface area contributed by atoms with Gasteiger partial charge in [-0.15, -0.1) is 0 Å². The number of H-pyrrole nitrogens is 2. The van der Waals surface area contributed by atoms with Crippen LogP contribution in [0.15, 0.2) is 52.1 Å². The minimum absolute atomic E-state index is 0.167. The Morgan fingerprint density at radius 2 is 1.84 bits per heavy atom. The number of rotatable bonds is 3. The van der Waals surface area contributed by atoms with E-state index in [0.29, 0.717) is 28.6 Å². The molecule has 1 aliphatic heterocycles. The van der Waals surface area contributed by atoms with E-state index in [9.17, 15) is 18.0 Å². The van der Waals surface area contributed by atoms with Gasteiger partial charge in [0, 0.05) is 34.5 Å². The first-order chi connectivity index (χ1) is 18.1. The summed E-state index contributed by atoms with van der Waals surface area (Å²) in [6.07, 6.45) is 2.74. The Balaban J connectivity index is 0.000000374. The Morgan fingerprint density at radius 1 is 1.11 bits per heavy atom. The van der Waals surface area contributed by atoms with Gasteiger partial charge >= 0.3 is 12.1 Å². The van der Waals surface area contributed by atoms with E-state index in [1.165, 1.54) is 0 Å². The number of carbonyl (C=O) groups is 1. The van der Waals surface area contributed by atoms with Gasteiger partial charge in [0.05, 0.1) is 23.1 Å². The molecule has 6 rings (SSSR count). The predicted octanol–water partition coefficient (Wildman–Crippen LogP) is 3.67. The van der Waals surface area contributed by atoms with E-state index in [-0.39, 0.29) is 5.56 Å². The topological polar surface area (TPSA) is 168 Å². The number of nitrogen functional groups attached to an aromatic ring is 1. The number of nitrogens with one attached hydrogen (secondary N) is 3. The Bertz CT molecular complexity index is 1680. The number of pyridine rings is 1. The maximum Gasteiger partial charge on any atom is 0.490 e. The number of nitrogens with two attached hydrogens (primary N) is 1. The molecule has 0 atom stereocenters. The number of aromatic amines is 2. The third-order valence-corrected chi connectivity index (χ3v) is 6.28. The van der Waals surface area contributed by atoms with Crippen molar-refractivity contribution < 1.29 is 27.5 Å². The smallest absolute Gasteiger partial charge is 0.475 e. The van der Waals surface area contributed by atoms with Crippen molar-refractivity contribution in [3.05, 3.63) is 53.2 Å². The minimum atomic E-state index is -5.08. The van der Waals surface area contributed by atoms with Crippen molar-refractivity contribution in [2.75, 3.05) is 18.8 Å². The number of piperidine rings is 1. The summed E-state index contributed by atoms with van der Waals surface area (Å²) < 4.78 is 39.9. The van der Waals surface area contributed by atoms with Crippen LogP contribution in [0.2, 0.25) is 0 Å². The first kappa shape index (κ1) is 25.1. The minimum Gasteiger partial charge on any atom is -0.475 e. The Kier molecular flexibility index (Phi) is 6.40. The highest BCUT2D eigenvalue weighted by molar-refractivity contribution is 6.00. The molecule has 0 amide bonds. The average Bonchev–Trinajstić information content (AvgIpc) is 3.64. The molecule has 14 heteroatoms. The lowest BCUT2D eigenvalue weighted by Crippen LogP contribution is -2.29. The fourth-order valence-electron chi connectivity index (χ4n) is 4.35. The number of alkyl halides is 3. The van der Waals surface area contributed by atoms with Gasteiger partial charge in [-0.25, -0.2) is 9.78 Å². The van der Waals surface area contributed by atoms with Gasteiger partial charge in [0.25, 0.3) is 5.56 Å². The number of anilines is 1. The summed E-state index contributed by atoms with van der Waals surface area (Å²) in [6, 6.07) is 7.91. The molecule has 0 spiro atoms. The largest absolute Gasteiger partial charge is 0.490 e. The zero-order chi connectivity index (χ0) is 27.0. The second kappa shape index (κ2) is 9.70. The molecule has 38 heavy (non-hydrogen) atoms. The summed E-state index contributed by atoms with van der Waals surface area (Å²) in [6.45, 7) is 2.01. The van der Waals surface area contributed by atoms with Gasteiger partial charge in [-0.1, -0.05) is 0 Å². The Morgan fingerprint density at radius 3 is 2.55 bits per heavy atom. The number of aromatic nitrogens is 5. The van der Waals surface area contributed by atoms with E-state index in [4.69, 9.17) is 20.1 Å². The second-order valence-corrected chi connectivity index (χ2v) is 8.74. The normalized spacial score (nSPS) is 14.5. The molecular formula is C24H22F3N7O4. The number of halogens is 3. The second-order valence-electron chi connectivity index (χ2n) is 8.74. The first-order valence-corrected chi connectivity index (χ1v) is 11.6. The molecule has 1 fully saturated rings. The number of aliphatic carboxylic acids is 1. The third-order valence-electron chi connectivity index (χ3n) is 6.28. The molecule has 4 aromatic heterocycles. The lowest BCUT2D eigenvalue weighted by Gasteiger charge is -2.22. The van der Waals surface area contributed by atoms with Crippen molar-refractivity contribution >= 4 is 33.7 Å². The number of carboxylic acid groups (broad SMARTS) is 1. The molecule has 1 saturated heterocycles. The summed E-state index contributed by atoms with van der Waals surface area (Å²) in [5.74, 6) is -1.80. The van der Waals surface area contributed by atoms with Crippen LogP contribution in [-0.2, 0) is 4.79 Å². The Hall–Kier alpha value is -4.59. The van der Waals surface area contributed by atoms with Gasteiger partial charge in [-0.3, -0.25) is 19.7 Å². The SMILES string of the molecule is Nc1ncc(-c2cnn(C3CCNCC3)c2)c2cc(-c3ccc4[nH][nH]c(=O)c4c3)oc12.O=C(O)C(F)(F)F. The molecular weight excluding hydrogens is 507 g/mol. The van der Waals surface area contributed by atoms with E-state index in [2.05, 4.69) is 31.8 Å². The number of nitrogens with zero attached hydrogens (tertiary/aromatic N) is 3. The molecule has 1 aliphatic rings. The van der Waals surface area contributed by atoms with Crippen LogP contribution < -0.4 is 16.6 Å². The first-order valence-electron chi connectivity index (χ1n) is 11.6. The maximum absolute atomic E-state index is 12.0. The van der Waals surface area contributed by atoms with Crippen molar-refractivity contribution in [1.82, 2.24) is 30.3 Å². The number of hydrogen-bond donors (Lipinski definition) is 5. The van der Waals surface area contributed by atoms with Crippen molar-refractivity contribution in [2.24, 2.45) is 0 Å². The lowest BCUT2D eigenvalue weighted by molar-refractivity contribution is -0.192. The molecule has 5 heterocycles. The quantitative estimate of drug-likeness (QED) is 0.236. The molecule has 5 aromatic rings. The third kappa shape index (κ3) is 4.85. The summed E-state index contributed by atoms with van der Waals surface area (Å²) in [4.78, 5) is 25.2. The predicted molar refractivity (Wildman–Crippen MR) is 132 cm³/mol. The monoisotopic (exact) mass is 529 g/mol. The van der Waals surface area contributed by atoms with Crippen molar-refractivity contribution in [3.63, 3.8) is 0 Å². The van der Waals surface area contributed by atoms with Crippen LogP contribution in [0.3, 0.4) is 0 Å². The number of fused-ring (bicyclic) bond motifs is 2. The van der Waals surface area contributed by atoms with Crippen LogP contribution in [0.25, 0.3) is 44.3 Å². The van der Waals surface area contributed by atoms with Gasteiger partial charge in [0.15, 0.2) is 11.4 Å². The van der Waals surface area contributed by atoms with E-state index in [0.717, 1.165) is 53.5 Å². The van der Waals surface area contributed by atoms with Gasteiger partial charge < -0.3 is 20.6 Å². The highest BCUT2D eigenvalue weighted by atomic mass is 19.4. The summed E-state index contributed by atoms with van der Waals surface area (Å²) in [7, 11) is 0. The zero-order valence-corrected chi connectivity index (χ0v) is 19.7. The van der Waals surface area contributed by atoms with Crippen LogP contribution in [0.4, 0.5) is 19.0 Å². The van der Waals surface area contributed by atoms with E-state index in [1.54, 1.807) is 12.3 Å².